The maximum absolute atomic E-state index is 10.8. The van der Waals surface area contributed by atoms with Crippen molar-refractivity contribution in [2.45, 2.75) is 19.9 Å². The van der Waals surface area contributed by atoms with Gasteiger partial charge in [0.25, 0.3) is 0 Å². The molecule has 0 spiro atoms. The summed E-state index contributed by atoms with van der Waals surface area (Å²) in [7, 11) is 0. The van der Waals surface area contributed by atoms with Gasteiger partial charge in [0.15, 0.2) is 0 Å². The van der Waals surface area contributed by atoms with E-state index in [-0.39, 0.29) is 35.4 Å². The summed E-state index contributed by atoms with van der Waals surface area (Å²) in [6.07, 6.45) is 1.03. The Hall–Kier alpha value is -1.47. The molecule has 0 bridgehead atoms. The molecule has 1 heterocycles. The van der Waals surface area contributed by atoms with Crippen LogP contribution in [-0.2, 0) is 0 Å². The van der Waals surface area contributed by atoms with Crippen molar-refractivity contribution in [3.63, 3.8) is 0 Å². The smallest absolute Gasteiger partial charge is 0.329 e. The number of nitro groups is 1. The Morgan fingerprint density at radius 3 is 2.76 bits per heavy atom. The number of hydrogen-bond acceptors (Lipinski definition) is 6. The molecule has 1 aromatic heterocycles. The van der Waals surface area contributed by atoms with Crippen molar-refractivity contribution in [1.29, 1.82) is 0 Å². The molecule has 0 aliphatic rings. The number of nitrogens with one attached hydrogen (secondary N) is 1. The van der Waals surface area contributed by atoms with E-state index in [9.17, 15) is 10.1 Å². The van der Waals surface area contributed by atoms with Crippen molar-refractivity contribution in [2.24, 2.45) is 5.92 Å². The number of halogens is 1. The van der Waals surface area contributed by atoms with Gasteiger partial charge in [-0.25, -0.2) is 4.98 Å². The van der Waals surface area contributed by atoms with E-state index in [4.69, 9.17) is 16.7 Å². The van der Waals surface area contributed by atoms with Crippen LogP contribution in [0.4, 0.5) is 11.5 Å². The number of rotatable bonds is 5. The van der Waals surface area contributed by atoms with Crippen molar-refractivity contribution >= 4 is 23.1 Å². The van der Waals surface area contributed by atoms with Crippen LogP contribution < -0.4 is 5.32 Å². The van der Waals surface area contributed by atoms with Gasteiger partial charge in [-0.05, 0) is 17.5 Å². The zero-order valence-electron chi connectivity index (χ0n) is 9.42. The predicted octanol–water partition coefficient (Wildman–Crippen LogP) is 1.47. The first kappa shape index (κ1) is 13.6. The van der Waals surface area contributed by atoms with Crippen molar-refractivity contribution in [3.05, 3.63) is 21.6 Å². The molecule has 2 N–H and O–H groups in total. The van der Waals surface area contributed by atoms with Gasteiger partial charge in [0.1, 0.15) is 6.20 Å². The van der Waals surface area contributed by atoms with E-state index in [1.54, 1.807) is 0 Å². The largest absolute Gasteiger partial charge is 0.394 e. The van der Waals surface area contributed by atoms with Crippen LogP contribution in [0.15, 0.2) is 6.20 Å². The minimum absolute atomic E-state index is 0.0164. The average molecular weight is 261 g/mol. The first-order chi connectivity index (χ1) is 7.95. The number of anilines is 1. The summed E-state index contributed by atoms with van der Waals surface area (Å²) in [5.74, 6) is 0.107. The fourth-order valence-electron chi connectivity index (χ4n) is 1.19. The van der Waals surface area contributed by atoms with Crippen molar-refractivity contribution in [2.75, 3.05) is 11.9 Å². The lowest BCUT2D eigenvalue weighted by molar-refractivity contribution is -0.384. The average Bonchev–Trinajstić information content (AvgIpc) is 2.25. The Morgan fingerprint density at radius 1 is 1.65 bits per heavy atom. The van der Waals surface area contributed by atoms with Crippen LogP contribution in [0.25, 0.3) is 0 Å². The second-order valence-electron chi connectivity index (χ2n) is 3.81. The Morgan fingerprint density at radius 2 is 2.29 bits per heavy atom. The van der Waals surface area contributed by atoms with E-state index in [2.05, 4.69) is 15.3 Å². The molecule has 0 amide bonds. The molecule has 0 aliphatic heterocycles. The Kier molecular flexibility index (Phi) is 4.59. The molecule has 0 aromatic carbocycles. The Balaban J connectivity index is 3.03. The number of aromatic nitrogens is 2. The second-order valence-corrected chi connectivity index (χ2v) is 4.15. The van der Waals surface area contributed by atoms with Crippen LogP contribution >= 0.6 is 11.6 Å². The van der Waals surface area contributed by atoms with E-state index in [1.807, 2.05) is 13.8 Å². The van der Waals surface area contributed by atoms with Gasteiger partial charge < -0.3 is 10.4 Å². The summed E-state index contributed by atoms with van der Waals surface area (Å²) in [4.78, 5) is 17.5. The third-order valence-corrected chi connectivity index (χ3v) is 2.44. The van der Waals surface area contributed by atoms with Crippen molar-refractivity contribution < 1.29 is 10.0 Å². The standard InChI is InChI=1S/C9H13ClN4O3/c1-5(2)6(4-15)12-8-7(14(16)17)3-11-9(10)13-8/h3,5-6,15H,4H2,1-2H3,(H,11,12,13). The van der Waals surface area contributed by atoms with E-state index in [1.165, 1.54) is 0 Å². The first-order valence-corrected chi connectivity index (χ1v) is 5.37. The molecule has 7 nitrogen and oxygen atoms in total. The zero-order chi connectivity index (χ0) is 13.0. The molecule has 0 aliphatic carbocycles. The second kappa shape index (κ2) is 5.74. The lowest BCUT2D eigenvalue weighted by Gasteiger charge is -2.20. The quantitative estimate of drug-likeness (QED) is 0.472. The highest BCUT2D eigenvalue weighted by molar-refractivity contribution is 6.28. The summed E-state index contributed by atoms with van der Waals surface area (Å²) in [5.41, 5.74) is -0.270. The Labute approximate surface area is 103 Å². The van der Waals surface area contributed by atoms with Crippen molar-refractivity contribution in [1.82, 2.24) is 9.97 Å². The van der Waals surface area contributed by atoms with E-state index >= 15 is 0 Å². The van der Waals surface area contributed by atoms with Gasteiger partial charge in [0.2, 0.25) is 11.1 Å². The fourth-order valence-corrected chi connectivity index (χ4v) is 1.33. The van der Waals surface area contributed by atoms with Crippen LogP contribution in [0, 0.1) is 16.0 Å². The van der Waals surface area contributed by atoms with Crippen LogP contribution in [0.1, 0.15) is 13.8 Å². The minimum Gasteiger partial charge on any atom is -0.394 e. The third-order valence-electron chi connectivity index (χ3n) is 2.26. The molecule has 8 heteroatoms. The van der Waals surface area contributed by atoms with Gasteiger partial charge in [0, 0.05) is 0 Å². The summed E-state index contributed by atoms with van der Waals surface area (Å²) < 4.78 is 0. The molecule has 94 valence electrons. The zero-order valence-corrected chi connectivity index (χ0v) is 10.2. The topological polar surface area (TPSA) is 101 Å². The molecular weight excluding hydrogens is 248 g/mol. The molecule has 1 rings (SSSR count). The molecule has 0 fully saturated rings. The molecule has 1 unspecified atom stereocenters. The molecule has 0 radical (unpaired) electrons. The first-order valence-electron chi connectivity index (χ1n) is 5.00. The van der Waals surface area contributed by atoms with Gasteiger partial charge in [-0.2, -0.15) is 4.98 Å². The van der Waals surface area contributed by atoms with Crippen LogP contribution in [0.5, 0.6) is 0 Å². The number of aliphatic hydroxyl groups excluding tert-OH is 1. The third kappa shape index (κ3) is 3.50. The lowest BCUT2D eigenvalue weighted by Crippen LogP contribution is -2.30. The van der Waals surface area contributed by atoms with Gasteiger partial charge in [0.05, 0.1) is 17.6 Å². The SMILES string of the molecule is CC(C)C(CO)Nc1nc(Cl)ncc1[N+](=O)[O-]. The van der Waals surface area contributed by atoms with E-state index < -0.39 is 4.92 Å². The number of nitrogens with zero attached hydrogens (tertiary/aromatic N) is 3. The molecule has 17 heavy (non-hydrogen) atoms. The fraction of sp³-hybridized carbons (Fsp3) is 0.556. The normalized spacial score (nSPS) is 12.5. The highest BCUT2D eigenvalue weighted by Gasteiger charge is 2.21. The maximum atomic E-state index is 10.8. The summed E-state index contributed by atoms with van der Waals surface area (Å²) in [6.45, 7) is 3.60. The Bertz CT molecular complexity index is 413. The predicted molar refractivity (Wildman–Crippen MR) is 63.0 cm³/mol. The van der Waals surface area contributed by atoms with Crippen molar-refractivity contribution in [3.8, 4) is 0 Å². The van der Waals surface area contributed by atoms with Gasteiger partial charge in [-0.3, -0.25) is 10.1 Å². The van der Waals surface area contributed by atoms with Crippen LogP contribution in [0.2, 0.25) is 5.28 Å². The minimum atomic E-state index is -0.604. The summed E-state index contributed by atoms with van der Waals surface area (Å²) >= 11 is 5.58. The summed E-state index contributed by atoms with van der Waals surface area (Å²) in [5, 5.41) is 22.6. The highest BCUT2D eigenvalue weighted by Crippen LogP contribution is 2.23. The summed E-state index contributed by atoms with van der Waals surface area (Å²) in [6, 6.07) is -0.334. The lowest BCUT2D eigenvalue weighted by atomic mass is 10.1. The van der Waals surface area contributed by atoms with Crippen LogP contribution in [0.3, 0.4) is 0 Å². The van der Waals surface area contributed by atoms with Gasteiger partial charge in [-0.1, -0.05) is 13.8 Å². The number of hydrogen-bond donors (Lipinski definition) is 2. The van der Waals surface area contributed by atoms with E-state index in [0.717, 1.165) is 6.20 Å². The van der Waals surface area contributed by atoms with Gasteiger partial charge in [-0.15, -0.1) is 0 Å². The number of aliphatic hydroxyl groups is 1. The maximum Gasteiger partial charge on any atom is 0.329 e. The molecular formula is C9H13ClN4O3. The molecule has 1 aromatic rings. The molecule has 1 atom stereocenters. The van der Waals surface area contributed by atoms with E-state index in [0.29, 0.717) is 0 Å². The van der Waals surface area contributed by atoms with Crippen LogP contribution in [-0.4, -0.2) is 32.6 Å². The van der Waals surface area contributed by atoms with Gasteiger partial charge >= 0.3 is 5.69 Å². The molecule has 0 saturated carbocycles. The molecule has 0 saturated heterocycles. The highest BCUT2D eigenvalue weighted by atomic mass is 35.5. The monoisotopic (exact) mass is 260 g/mol.